The van der Waals surface area contributed by atoms with E-state index in [2.05, 4.69) is 5.32 Å². The lowest BCUT2D eigenvalue weighted by atomic mass is 10.3. The van der Waals surface area contributed by atoms with Gasteiger partial charge in [0, 0.05) is 12.6 Å². The van der Waals surface area contributed by atoms with Crippen molar-refractivity contribution in [2.24, 2.45) is 5.73 Å². The highest BCUT2D eigenvalue weighted by atomic mass is 32.1. The molecule has 1 rings (SSSR count). The molecular weight excluding hydrogens is 272 g/mol. The van der Waals surface area contributed by atoms with E-state index in [1.807, 2.05) is 6.92 Å². The second-order valence-electron chi connectivity index (χ2n) is 3.94. The summed E-state index contributed by atoms with van der Waals surface area (Å²) in [6.07, 6.45) is 0.710. The van der Waals surface area contributed by atoms with Crippen LogP contribution in [0.2, 0.25) is 0 Å². The lowest BCUT2D eigenvalue weighted by Gasteiger charge is -2.22. The Balaban J connectivity index is 2.77. The van der Waals surface area contributed by atoms with E-state index in [1.165, 1.54) is 4.90 Å². The molecular formula is C12H15F2N3OS. The van der Waals surface area contributed by atoms with E-state index in [4.69, 9.17) is 18.0 Å². The molecule has 0 spiro atoms. The summed E-state index contributed by atoms with van der Waals surface area (Å²) in [4.78, 5) is 13.5. The van der Waals surface area contributed by atoms with Crippen LogP contribution >= 0.6 is 12.2 Å². The molecule has 0 aliphatic rings. The highest BCUT2D eigenvalue weighted by Gasteiger charge is 2.15. The lowest BCUT2D eigenvalue weighted by molar-refractivity contribution is 0.218. The van der Waals surface area contributed by atoms with Crippen molar-refractivity contribution in [2.75, 3.05) is 18.4 Å². The molecule has 2 amide bonds. The molecule has 0 aliphatic heterocycles. The predicted octanol–water partition coefficient (Wildman–Crippen LogP) is 2.49. The average Bonchev–Trinajstić information content (AvgIpc) is 2.31. The van der Waals surface area contributed by atoms with Crippen LogP contribution in [0.5, 0.6) is 0 Å². The van der Waals surface area contributed by atoms with Gasteiger partial charge in [-0.15, -0.1) is 0 Å². The Morgan fingerprint density at radius 2 is 2.16 bits per heavy atom. The van der Waals surface area contributed by atoms with Crippen molar-refractivity contribution < 1.29 is 13.6 Å². The van der Waals surface area contributed by atoms with Crippen LogP contribution in [0, 0.1) is 11.6 Å². The Labute approximate surface area is 115 Å². The number of carbonyl (C=O) groups is 1. The Kier molecular flexibility index (Phi) is 5.62. The number of hydrogen-bond acceptors (Lipinski definition) is 2. The quantitative estimate of drug-likeness (QED) is 0.818. The molecule has 0 heterocycles. The minimum atomic E-state index is -0.833. The van der Waals surface area contributed by atoms with Crippen LogP contribution in [0.4, 0.5) is 19.3 Å². The highest BCUT2D eigenvalue weighted by Crippen LogP contribution is 2.15. The Bertz CT molecular complexity index is 482. The van der Waals surface area contributed by atoms with Gasteiger partial charge in [-0.2, -0.15) is 0 Å². The van der Waals surface area contributed by atoms with Gasteiger partial charge in [0.2, 0.25) is 0 Å². The maximum absolute atomic E-state index is 13.4. The largest absolute Gasteiger partial charge is 0.392 e. The van der Waals surface area contributed by atoms with Crippen LogP contribution in [-0.4, -0.2) is 29.0 Å². The molecule has 0 atom stereocenters. The van der Waals surface area contributed by atoms with E-state index in [0.29, 0.717) is 19.0 Å². The van der Waals surface area contributed by atoms with Crippen molar-refractivity contribution in [1.82, 2.24) is 4.90 Å². The number of benzene rings is 1. The van der Waals surface area contributed by atoms with E-state index in [-0.39, 0.29) is 17.2 Å². The first kappa shape index (κ1) is 15.3. The van der Waals surface area contributed by atoms with Crippen molar-refractivity contribution in [1.29, 1.82) is 0 Å². The number of amides is 2. The number of halogens is 2. The number of hydrogen-bond donors (Lipinski definition) is 2. The summed E-state index contributed by atoms with van der Waals surface area (Å²) in [5, 5.41) is 2.36. The van der Waals surface area contributed by atoms with E-state index >= 15 is 0 Å². The molecule has 1 aromatic rings. The second kappa shape index (κ2) is 6.98. The molecule has 4 nitrogen and oxygen atoms in total. The third kappa shape index (κ3) is 4.78. The minimum Gasteiger partial charge on any atom is -0.392 e. The number of urea groups is 1. The fourth-order valence-electron chi connectivity index (χ4n) is 1.50. The third-order valence-corrected chi connectivity index (χ3v) is 2.43. The SMILES string of the molecule is CCCN(CC(N)=S)C(=O)Nc1ccc(F)cc1F. The first-order chi connectivity index (χ1) is 8.93. The maximum Gasteiger partial charge on any atom is 0.322 e. The average molecular weight is 287 g/mol. The molecule has 1 aromatic carbocycles. The van der Waals surface area contributed by atoms with Crippen molar-refractivity contribution in [3.63, 3.8) is 0 Å². The summed E-state index contributed by atoms with van der Waals surface area (Å²) in [6, 6.07) is 2.40. The van der Waals surface area contributed by atoms with Gasteiger partial charge in [-0.25, -0.2) is 13.6 Å². The molecule has 3 N–H and O–H groups in total. The molecule has 0 saturated heterocycles. The molecule has 0 saturated carbocycles. The summed E-state index contributed by atoms with van der Waals surface area (Å²) in [5.74, 6) is -1.54. The Hall–Kier alpha value is -1.76. The van der Waals surface area contributed by atoms with Gasteiger partial charge in [-0.05, 0) is 18.6 Å². The first-order valence-corrected chi connectivity index (χ1v) is 6.14. The summed E-state index contributed by atoms with van der Waals surface area (Å²) in [6.45, 7) is 2.43. The van der Waals surface area contributed by atoms with Crippen molar-refractivity contribution >= 4 is 28.9 Å². The minimum absolute atomic E-state index is 0.0876. The number of nitrogens with one attached hydrogen (secondary N) is 1. The van der Waals surface area contributed by atoms with Crippen LogP contribution in [0.3, 0.4) is 0 Å². The second-order valence-corrected chi connectivity index (χ2v) is 4.47. The molecule has 0 bridgehead atoms. The van der Waals surface area contributed by atoms with E-state index in [0.717, 1.165) is 12.1 Å². The van der Waals surface area contributed by atoms with Crippen molar-refractivity contribution in [2.45, 2.75) is 13.3 Å². The van der Waals surface area contributed by atoms with Gasteiger partial charge >= 0.3 is 6.03 Å². The topological polar surface area (TPSA) is 58.4 Å². The highest BCUT2D eigenvalue weighted by molar-refractivity contribution is 7.80. The first-order valence-electron chi connectivity index (χ1n) is 5.73. The standard InChI is InChI=1S/C12H15F2N3OS/c1-2-5-17(7-11(15)19)12(18)16-10-4-3-8(13)6-9(10)14/h3-4,6H,2,5,7H2,1H3,(H2,15,19)(H,16,18). The van der Waals surface area contributed by atoms with Gasteiger partial charge in [-0.1, -0.05) is 19.1 Å². The van der Waals surface area contributed by atoms with Gasteiger partial charge in [0.05, 0.1) is 17.2 Å². The third-order valence-electron chi connectivity index (χ3n) is 2.30. The number of anilines is 1. The monoisotopic (exact) mass is 287 g/mol. The molecule has 0 unspecified atom stereocenters. The number of nitrogens with zero attached hydrogens (tertiary/aromatic N) is 1. The molecule has 104 valence electrons. The van der Waals surface area contributed by atoms with Gasteiger partial charge < -0.3 is 16.0 Å². The zero-order valence-electron chi connectivity index (χ0n) is 10.5. The summed E-state index contributed by atoms with van der Waals surface area (Å²) < 4.78 is 26.1. The number of nitrogens with two attached hydrogens (primary N) is 1. The number of thiocarbonyl (C=S) groups is 1. The Morgan fingerprint density at radius 1 is 1.47 bits per heavy atom. The van der Waals surface area contributed by atoms with Crippen LogP contribution in [0.1, 0.15) is 13.3 Å². The normalized spacial score (nSPS) is 10.1. The van der Waals surface area contributed by atoms with Gasteiger partial charge in [-0.3, -0.25) is 0 Å². The van der Waals surface area contributed by atoms with E-state index < -0.39 is 17.7 Å². The Morgan fingerprint density at radius 3 is 2.68 bits per heavy atom. The summed E-state index contributed by atoms with van der Waals surface area (Å²) >= 11 is 4.75. The van der Waals surface area contributed by atoms with E-state index in [9.17, 15) is 13.6 Å². The predicted molar refractivity (Wildman–Crippen MR) is 74.0 cm³/mol. The van der Waals surface area contributed by atoms with E-state index in [1.54, 1.807) is 0 Å². The molecule has 19 heavy (non-hydrogen) atoms. The summed E-state index contributed by atoms with van der Waals surface area (Å²) in [7, 11) is 0. The van der Waals surface area contributed by atoms with Gasteiger partial charge in [0.25, 0.3) is 0 Å². The lowest BCUT2D eigenvalue weighted by Crippen LogP contribution is -2.40. The molecule has 0 fully saturated rings. The fourth-order valence-corrected chi connectivity index (χ4v) is 1.65. The van der Waals surface area contributed by atoms with Gasteiger partial charge in [0.1, 0.15) is 11.6 Å². The zero-order valence-corrected chi connectivity index (χ0v) is 11.3. The van der Waals surface area contributed by atoms with Crippen LogP contribution in [-0.2, 0) is 0 Å². The molecule has 0 radical (unpaired) electrons. The van der Waals surface area contributed by atoms with Crippen molar-refractivity contribution in [3.8, 4) is 0 Å². The number of rotatable bonds is 5. The smallest absolute Gasteiger partial charge is 0.322 e. The van der Waals surface area contributed by atoms with Gasteiger partial charge in [0.15, 0.2) is 0 Å². The summed E-state index contributed by atoms with van der Waals surface area (Å²) in [5.41, 5.74) is 5.30. The maximum atomic E-state index is 13.4. The molecule has 0 aromatic heterocycles. The molecule has 7 heteroatoms. The van der Waals surface area contributed by atoms with Crippen LogP contribution < -0.4 is 11.1 Å². The fraction of sp³-hybridized carbons (Fsp3) is 0.333. The van der Waals surface area contributed by atoms with Crippen LogP contribution in [0.15, 0.2) is 18.2 Å². The number of carbonyl (C=O) groups excluding carboxylic acids is 1. The zero-order chi connectivity index (χ0) is 14.4. The molecule has 0 aliphatic carbocycles. The van der Waals surface area contributed by atoms with Crippen LogP contribution in [0.25, 0.3) is 0 Å². The van der Waals surface area contributed by atoms with Crippen molar-refractivity contribution in [3.05, 3.63) is 29.8 Å².